The summed E-state index contributed by atoms with van der Waals surface area (Å²) in [5.41, 5.74) is 0.666. The van der Waals surface area contributed by atoms with Crippen LogP contribution in [0.4, 0.5) is 28.9 Å². The number of morpholine rings is 1. The Bertz CT molecular complexity index is 1450. The van der Waals surface area contributed by atoms with Gasteiger partial charge >= 0.3 is 12.2 Å². The molecule has 0 saturated carbocycles. The van der Waals surface area contributed by atoms with E-state index in [4.69, 9.17) is 4.74 Å². The molecule has 4 rings (SSSR count). The monoisotopic (exact) mass is 572 g/mol. The molecule has 2 aromatic heterocycles. The lowest BCUT2D eigenvalue weighted by atomic mass is 10.0. The van der Waals surface area contributed by atoms with Crippen LogP contribution in [0, 0.1) is 18.8 Å². The van der Waals surface area contributed by atoms with Gasteiger partial charge in [-0.2, -0.15) is 13.2 Å². The van der Waals surface area contributed by atoms with Crippen LogP contribution >= 0.6 is 11.3 Å². The van der Waals surface area contributed by atoms with Crippen molar-refractivity contribution in [2.45, 2.75) is 19.2 Å². The van der Waals surface area contributed by atoms with Crippen molar-refractivity contribution in [3.05, 3.63) is 69.9 Å². The summed E-state index contributed by atoms with van der Waals surface area (Å²) in [6, 6.07) is 6.15. The van der Waals surface area contributed by atoms with E-state index in [1.54, 1.807) is 29.3 Å². The minimum atomic E-state index is -4.55. The van der Waals surface area contributed by atoms with E-state index in [9.17, 15) is 22.8 Å². The molecule has 3 heterocycles. The first-order valence-electron chi connectivity index (χ1n) is 12.2. The third-order valence-electron chi connectivity index (χ3n) is 5.86. The van der Waals surface area contributed by atoms with Gasteiger partial charge in [0.2, 0.25) is 0 Å². The zero-order valence-electron chi connectivity index (χ0n) is 22.0. The molecule has 0 spiro atoms. The highest BCUT2D eigenvalue weighted by atomic mass is 32.1. The Kier molecular flexibility index (Phi) is 9.03. The van der Waals surface area contributed by atoms with Crippen LogP contribution in [0.1, 0.15) is 31.9 Å². The van der Waals surface area contributed by atoms with Gasteiger partial charge in [-0.1, -0.05) is 23.3 Å². The molecule has 0 aliphatic carbocycles. The number of anilines is 2. The SMILES string of the molecule is Cc1ccc(C(=O)Nc2cc(C(F)(F)F)ccn2)cc1C#Cc1cnc(NC(=O)N2CCOC(CN(C)C)C2)s1. The molecular formula is C27H27F3N6O3S. The molecule has 1 aliphatic rings. The summed E-state index contributed by atoms with van der Waals surface area (Å²) >= 11 is 1.22. The van der Waals surface area contributed by atoms with Crippen molar-refractivity contribution in [2.75, 3.05) is 51.0 Å². The molecule has 0 radical (unpaired) electrons. The second-order valence-corrected chi connectivity index (χ2v) is 10.4. The molecule has 1 atom stereocenters. The molecule has 40 heavy (non-hydrogen) atoms. The summed E-state index contributed by atoms with van der Waals surface area (Å²) in [5, 5.41) is 5.60. The largest absolute Gasteiger partial charge is 0.416 e. The molecule has 2 N–H and O–H groups in total. The van der Waals surface area contributed by atoms with Crippen molar-refractivity contribution in [1.82, 2.24) is 19.8 Å². The Balaban J connectivity index is 1.40. The van der Waals surface area contributed by atoms with Gasteiger partial charge < -0.3 is 19.9 Å². The first kappa shape index (κ1) is 29.0. The van der Waals surface area contributed by atoms with Gasteiger partial charge in [0.25, 0.3) is 5.91 Å². The van der Waals surface area contributed by atoms with E-state index in [-0.39, 0.29) is 23.5 Å². The molecule has 1 fully saturated rings. The summed E-state index contributed by atoms with van der Waals surface area (Å²) in [5.74, 6) is 5.17. The van der Waals surface area contributed by atoms with E-state index in [0.717, 1.165) is 23.9 Å². The van der Waals surface area contributed by atoms with E-state index < -0.39 is 17.6 Å². The van der Waals surface area contributed by atoms with Gasteiger partial charge in [-0.15, -0.1) is 0 Å². The van der Waals surface area contributed by atoms with Crippen LogP contribution in [0.25, 0.3) is 0 Å². The van der Waals surface area contributed by atoms with Gasteiger partial charge in [0, 0.05) is 37.0 Å². The number of likely N-dealkylation sites (N-methyl/N-ethyl adjacent to an activating group) is 1. The Labute approximate surface area is 233 Å². The zero-order valence-corrected chi connectivity index (χ0v) is 22.8. The van der Waals surface area contributed by atoms with Gasteiger partial charge in [0.1, 0.15) is 5.82 Å². The molecule has 1 saturated heterocycles. The summed E-state index contributed by atoms with van der Waals surface area (Å²) in [6.07, 6.45) is -2.08. The highest BCUT2D eigenvalue weighted by Gasteiger charge is 2.31. The number of alkyl halides is 3. The van der Waals surface area contributed by atoms with E-state index in [2.05, 4.69) is 32.4 Å². The number of nitrogens with zero attached hydrogens (tertiary/aromatic N) is 4. The predicted octanol–water partition coefficient (Wildman–Crippen LogP) is 4.31. The minimum absolute atomic E-state index is 0.0605. The van der Waals surface area contributed by atoms with Crippen molar-refractivity contribution in [3.8, 4) is 11.8 Å². The number of aryl methyl sites for hydroxylation is 1. The van der Waals surface area contributed by atoms with Crippen LogP contribution in [0.3, 0.4) is 0 Å². The van der Waals surface area contributed by atoms with Crippen molar-refractivity contribution < 1.29 is 27.5 Å². The number of hydrogen-bond donors (Lipinski definition) is 2. The Morgan fingerprint density at radius 3 is 2.73 bits per heavy atom. The van der Waals surface area contributed by atoms with E-state index in [1.807, 2.05) is 25.9 Å². The van der Waals surface area contributed by atoms with Gasteiger partial charge in [-0.3, -0.25) is 10.1 Å². The van der Waals surface area contributed by atoms with Crippen molar-refractivity contribution in [1.29, 1.82) is 0 Å². The van der Waals surface area contributed by atoms with Crippen molar-refractivity contribution >= 4 is 34.2 Å². The number of amides is 3. The van der Waals surface area contributed by atoms with Crippen LogP contribution in [0.15, 0.2) is 42.7 Å². The fraction of sp³-hybridized carbons (Fsp3) is 0.333. The number of thiazole rings is 1. The Hall–Kier alpha value is -3.99. The molecule has 1 aromatic carbocycles. The van der Waals surface area contributed by atoms with Crippen LogP contribution in [0.5, 0.6) is 0 Å². The molecule has 3 amide bonds. The van der Waals surface area contributed by atoms with Gasteiger partial charge in [0.05, 0.1) is 29.3 Å². The summed E-state index contributed by atoms with van der Waals surface area (Å²) < 4.78 is 44.6. The number of pyridine rings is 1. The topological polar surface area (TPSA) is 99.7 Å². The summed E-state index contributed by atoms with van der Waals surface area (Å²) in [6.45, 7) is 3.97. The smallest absolute Gasteiger partial charge is 0.373 e. The fourth-order valence-corrected chi connectivity index (χ4v) is 4.53. The number of carbonyl (C=O) groups excluding carboxylic acids is 2. The normalized spacial score (nSPS) is 15.4. The van der Waals surface area contributed by atoms with Crippen LogP contribution in [-0.4, -0.2) is 78.1 Å². The minimum Gasteiger partial charge on any atom is -0.373 e. The number of carbonyl (C=O) groups is 2. The molecule has 1 unspecified atom stereocenters. The Morgan fingerprint density at radius 1 is 1.18 bits per heavy atom. The molecular weight excluding hydrogens is 545 g/mol. The fourth-order valence-electron chi connectivity index (χ4n) is 3.87. The second-order valence-electron chi connectivity index (χ2n) is 9.32. The maximum Gasteiger partial charge on any atom is 0.416 e. The van der Waals surface area contributed by atoms with Gasteiger partial charge in [-0.25, -0.2) is 14.8 Å². The number of urea groups is 1. The third kappa shape index (κ3) is 7.78. The number of hydrogen-bond acceptors (Lipinski definition) is 7. The number of nitrogens with one attached hydrogen (secondary N) is 2. The van der Waals surface area contributed by atoms with Crippen molar-refractivity contribution in [2.24, 2.45) is 0 Å². The summed E-state index contributed by atoms with van der Waals surface area (Å²) in [7, 11) is 3.90. The van der Waals surface area contributed by atoms with E-state index in [0.29, 0.717) is 41.8 Å². The number of halogens is 3. The molecule has 1 aliphatic heterocycles. The molecule has 0 bridgehead atoms. The maximum atomic E-state index is 13.0. The lowest BCUT2D eigenvalue weighted by molar-refractivity contribution is -0.137. The van der Waals surface area contributed by atoms with Crippen molar-refractivity contribution in [3.63, 3.8) is 0 Å². The number of benzene rings is 1. The average Bonchev–Trinajstić information content (AvgIpc) is 3.34. The highest BCUT2D eigenvalue weighted by Crippen LogP contribution is 2.30. The number of ether oxygens (including phenoxy) is 1. The third-order valence-corrected chi connectivity index (χ3v) is 6.69. The lowest BCUT2D eigenvalue weighted by Crippen LogP contribution is -2.50. The average molecular weight is 573 g/mol. The van der Waals surface area contributed by atoms with Crippen LogP contribution in [-0.2, 0) is 10.9 Å². The predicted molar refractivity (Wildman–Crippen MR) is 145 cm³/mol. The first-order chi connectivity index (χ1) is 19.0. The second kappa shape index (κ2) is 12.5. The molecule has 9 nitrogen and oxygen atoms in total. The Morgan fingerprint density at radius 2 is 1.98 bits per heavy atom. The standard InChI is InChI=1S/C27H27F3N6O3S/c1-17-4-5-19(24(37)33-23-13-20(8-9-31-23)27(28,29)30)12-18(17)6-7-22-14-32-25(40-22)34-26(38)36-10-11-39-21(16-36)15-35(2)3/h4-5,8-9,12-14,21H,10-11,15-16H2,1-3H3,(H,31,33,37)(H,32,34,38). The quantitative estimate of drug-likeness (QED) is 0.442. The zero-order chi connectivity index (χ0) is 28.9. The molecule has 13 heteroatoms. The maximum absolute atomic E-state index is 13.0. The van der Waals surface area contributed by atoms with Gasteiger partial charge in [0.15, 0.2) is 5.13 Å². The number of aromatic nitrogens is 2. The first-order valence-corrected chi connectivity index (χ1v) is 13.0. The molecule has 210 valence electrons. The van der Waals surface area contributed by atoms with E-state index >= 15 is 0 Å². The summed E-state index contributed by atoms with van der Waals surface area (Å²) in [4.78, 5) is 37.7. The lowest BCUT2D eigenvalue weighted by Gasteiger charge is -2.33. The van der Waals surface area contributed by atoms with E-state index in [1.165, 1.54) is 11.3 Å². The highest BCUT2D eigenvalue weighted by molar-refractivity contribution is 7.16. The van der Waals surface area contributed by atoms with Gasteiger partial charge in [-0.05, 0) is 56.8 Å². The molecule has 3 aromatic rings. The van der Waals surface area contributed by atoms with Crippen LogP contribution < -0.4 is 10.6 Å². The number of rotatable bonds is 5. The van der Waals surface area contributed by atoms with Crippen LogP contribution in [0.2, 0.25) is 0 Å².